The molecule has 2 aliphatic rings. The standard InChI is InChI=1S/C12H16N2O/c1-7-11(6-14(2)13-7)12(15)10-4-8-3-9(8)5-10/h6,8-10H,3-5H2,1-2H3. The van der Waals surface area contributed by atoms with Crippen LogP contribution in [0.15, 0.2) is 6.20 Å². The zero-order chi connectivity index (χ0) is 10.6. The third kappa shape index (κ3) is 1.41. The molecule has 0 bridgehead atoms. The van der Waals surface area contributed by atoms with Gasteiger partial charge in [0.05, 0.1) is 11.3 Å². The Balaban J connectivity index is 1.81. The second-order valence-electron chi connectivity index (χ2n) is 5.09. The highest BCUT2D eigenvalue weighted by Gasteiger charge is 2.48. The van der Waals surface area contributed by atoms with Crippen molar-refractivity contribution in [2.75, 3.05) is 0 Å². The maximum Gasteiger partial charge on any atom is 0.169 e. The van der Waals surface area contributed by atoms with Gasteiger partial charge in [0.1, 0.15) is 0 Å². The Morgan fingerprint density at radius 3 is 2.60 bits per heavy atom. The second kappa shape index (κ2) is 2.94. The summed E-state index contributed by atoms with van der Waals surface area (Å²) in [5.74, 6) is 2.36. The third-order valence-corrected chi connectivity index (χ3v) is 3.89. The summed E-state index contributed by atoms with van der Waals surface area (Å²) in [4.78, 5) is 12.2. The van der Waals surface area contributed by atoms with Gasteiger partial charge in [0.25, 0.3) is 0 Å². The number of carbonyl (C=O) groups is 1. The van der Waals surface area contributed by atoms with Crippen molar-refractivity contribution in [1.29, 1.82) is 0 Å². The van der Waals surface area contributed by atoms with Crippen molar-refractivity contribution in [2.24, 2.45) is 24.8 Å². The van der Waals surface area contributed by atoms with E-state index in [2.05, 4.69) is 5.10 Å². The molecular weight excluding hydrogens is 188 g/mol. The third-order valence-electron chi connectivity index (χ3n) is 3.89. The molecule has 0 spiro atoms. The van der Waals surface area contributed by atoms with Crippen molar-refractivity contribution in [3.05, 3.63) is 17.5 Å². The van der Waals surface area contributed by atoms with Crippen LogP contribution in [0.1, 0.15) is 35.3 Å². The van der Waals surface area contributed by atoms with Crippen LogP contribution in [0.2, 0.25) is 0 Å². The highest BCUT2D eigenvalue weighted by molar-refractivity contribution is 5.98. The molecule has 3 heteroatoms. The number of nitrogens with zero attached hydrogens (tertiary/aromatic N) is 2. The minimum absolute atomic E-state index is 0.289. The fourth-order valence-corrected chi connectivity index (χ4v) is 2.99. The van der Waals surface area contributed by atoms with Gasteiger partial charge in [-0.05, 0) is 38.0 Å². The molecule has 0 saturated heterocycles. The number of ketones is 1. The summed E-state index contributed by atoms with van der Waals surface area (Å²) in [7, 11) is 1.87. The summed E-state index contributed by atoms with van der Waals surface area (Å²) in [6.07, 6.45) is 5.48. The summed E-state index contributed by atoms with van der Waals surface area (Å²) < 4.78 is 1.73. The molecule has 1 aromatic rings. The molecule has 0 N–H and O–H groups in total. The molecule has 2 atom stereocenters. The summed E-state index contributed by atoms with van der Waals surface area (Å²) in [6, 6.07) is 0. The minimum atomic E-state index is 0.289. The van der Waals surface area contributed by atoms with Crippen LogP contribution in [0.5, 0.6) is 0 Å². The van der Waals surface area contributed by atoms with E-state index < -0.39 is 0 Å². The average molecular weight is 204 g/mol. The van der Waals surface area contributed by atoms with Crippen LogP contribution in [-0.4, -0.2) is 15.6 Å². The van der Waals surface area contributed by atoms with E-state index in [1.165, 1.54) is 6.42 Å². The summed E-state index contributed by atoms with van der Waals surface area (Å²) >= 11 is 0. The molecule has 0 aromatic carbocycles. The van der Waals surface area contributed by atoms with Gasteiger partial charge in [0.2, 0.25) is 0 Å². The first-order valence-electron chi connectivity index (χ1n) is 5.69. The molecule has 2 saturated carbocycles. The molecule has 3 rings (SSSR count). The SMILES string of the molecule is Cc1nn(C)cc1C(=O)C1CC2CC2C1. The van der Waals surface area contributed by atoms with Gasteiger partial charge >= 0.3 is 0 Å². The Bertz CT molecular complexity index is 411. The van der Waals surface area contributed by atoms with Crippen LogP contribution < -0.4 is 0 Å². The number of hydrogen-bond acceptors (Lipinski definition) is 2. The fourth-order valence-electron chi connectivity index (χ4n) is 2.99. The van der Waals surface area contributed by atoms with E-state index >= 15 is 0 Å². The van der Waals surface area contributed by atoms with Crippen LogP contribution in [0.3, 0.4) is 0 Å². The summed E-state index contributed by atoms with van der Waals surface area (Å²) in [5, 5.41) is 4.23. The van der Waals surface area contributed by atoms with Gasteiger partial charge in [-0.1, -0.05) is 0 Å². The molecule has 2 fully saturated rings. The molecule has 0 amide bonds. The average Bonchev–Trinajstić information content (AvgIpc) is 2.65. The maximum atomic E-state index is 12.2. The molecule has 2 aliphatic carbocycles. The van der Waals surface area contributed by atoms with Crippen LogP contribution in [0.4, 0.5) is 0 Å². The summed E-state index contributed by atoms with van der Waals surface area (Å²) in [5.41, 5.74) is 1.71. The van der Waals surface area contributed by atoms with Crippen molar-refractivity contribution < 1.29 is 4.79 Å². The normalized spacial score (nSPS) is 32.8. The fraction of sp³-hybridized carbons (Fsp3) is 0.667. The Hall–Kier alpha value is -1.12. The smallest absolute Gasteiger partial charge is 0.169 e. The number of rotatable bonds is 2. The van der Waals surface area contributed by atoms with Crippen LogP contribution >= 0.6 is 0 Å². The highest BCUT2D eigenvalue weighted by Crippen LogP contribution is 2.54. The minimum Gasteiger partial charge on any atom is -0.294 e. The number of fused-ring (bicyclic) bond motifs is 1. The second-order valence-corrected chi connectivity index (χ2v) is 5.09. The Morgan fingerprint density at radius 1 is 1.40 bits per heavy atom. The van der Waals surface area contributed by atoms with E-state index in [1.54, 1.807) is 4.68 Å². The first-order chi connectivity index (χ1) is 7.15. The van der Waals surface area contributed by atoms with E-state index in [-0.39, 0.29) is 5.92 Å². The van der Waals surface area contributed by atoms with Gasteiger partial charge in [0, 0.05) is 19.2 Å². The van der Waals surface area contributed by atoms with E-state index in [9.17, 15) is 4.79 Å². The van der Waals surface area contributed by atoms with Gasteiger partial charge in [-0.3, -0.25) is 9.48 Å². The number of aromatic nitrogens is 2. The molecule has 3 nitrogen and oxygen atoms in total. The zero-order valence-electron chi connectivity index (χ0n) is 9.23. The number of Topliss-reactive ketones (excluding diaryl/α,β-unsaturated/α-hetero) is 1. The van der Waals surface area contributed by atoms with Crippen molar-refractivity contribution in [3.63, 3.8) is 0 Å². The quantitative estimate of drug-likeness (QED) is 0.690. The predicted octanol–water partition coefficient (Wildman–Crippen LogP) is 1.96. The summed E-state index contributed by atoms with van der Waals surface area (Å²) in [6.45, 7) is 1.92. The van der Waals surface area contributed by atoms with E-state index in [4.69, 9.17) is 0 Å². The molecule has 0 aliphatic heterocycles. The molecule has 1 aromatic heterocycles. The van der Waals surface area contributed by atoms with Crippen LogP contribution in [0, 0.1) is 24.7 Å². The van der Waals surface area contributed by atoms with Crippen LogP contribution in [0.25, 0.3) is 0 Å². The van der Waals surface area contributed by atoms with E-state index in [0.29, 0.717) is 5.78 Å². The Labute approximate surface area is 89.5 Å². The molecule has 15 heavy (non-hydrogen) atoms. The lowest BCUT2D eigenvalue weighted by atomic mass is 9.94. The molecule has 80 valence electrons. The largest absolute Gasteiger partial charge is 0.294 e. The molecular formula is C12H16N2O. The van der Waals surface area contributed by atoms with Gasteiger partial charge in [-0.2, -0.15) is 5.10 Å². The Morgan fingerprint density at radius 2 is 2.07 bits per heavy atom. The molecule has 0 radical (unpaired) electrons. The van der Waals surface area contributed by atoms with Crippen LogP contribution in [-0.2, 0) is 7.05 Å². The van der Waals surface area contributed by atoms with E-state index in [1.807, 2.05) is 20.2 Å². The molecule has 1 heterocycles. The first kappa shape index (κ1) is 9.13. The predicted molar refractivity (Wildman–Crippen MR) is 56.6 cm³/mol. The van der Waals surface area contributed by atoms with Gasteiger partial charge in [0.15, 0.2) is 5.78 Å². The number of hydrogen-bond donors (Lipinski definition) is 0. The van der Waals surface area contributed by atoms with Gasteiger partial charge < -0.3 is 0 Å². The molecule has 2 unspecified atom stereocenters. The van der Waals surface area contributed by atoms with E-state index in [0.717, 1.165) is 35.9 Å². The van der Waals surface area contributed by atoms with Crippen molar-refractivity contribution in [3.8, 4) is 0 Å². The Kier molecular flexibility index (Phi) is 1.79. The van der Waals surface area contributed by atoms with Crippen molar-refractivity contribution in [1.82, 2.24) is 9.78 Å². The van der Waals surface area contributed by atoms with Gasteiger partial charge in [-0.25, -0.2) is 0 Å². The number of aryl methyl sites for hydroxylation is 2. The van der Waals surface area contributed by atoms with Crippen molar-refractivity contribution in [2.45, 2.75) is 26.2 Å². The topological polar surface area (TPSA) is 34.9 Å². The lowest BCUT2D eigenvalue weighted by Gasteiger charge is -2.08. The lowest BCUT2D eigenvalue weighted by Crippen LogP contribution is -2.13. The maximum absolute atomic E-state index is 12.2. The first-order valence-corrected chi connectivity index (χ1v) is 5.69. The number of carbonyl (C=O) groups excluding carboxylic acids is 1. The lowest BCUT2D eigenvalue weighted by molar-refractivity contribution is 0.0914. The highest BCUT2D eigenvalue weighted by atomic mass is 16.1. The monoisotopic (exact) mass is 204 g/mol. The zero-order valence-corrected chi connectivity index (χ0v) is 9.23. The van der Waals surface area contributed by atoms with Gasteiger partial charge in [-0.15, -0.1) is 0 Å². The van der Waals surface area contributed by atoms with Crippen molar-refractivity contribution >= 4 is 5.78 Å².